The Morgan fingerprint density at radius 3 is 2.29 bits per heavy atom. The summed E-state index contributed by atoms with van der Waals surface area (Å²) in [4.78, 5) is 74.1. The number of urea groups is 1. The van der Waals surface area contributed by atoms with E-state index in [2.05, 4.69) is 59.8 Å². The van der Waals surface area contributed by atoms with E-state index in [1.165, 1.54) is 0 Å². The van der Waals surface area contributed by atoms with Crippen LogP contribution in [-0.4, -0.2) is 142 Å². The van der Waals surface area contributed by atoms with Crippen molar-refractivity contribution in [3.8, 4) is 0 Å². The zero-order valence-electron chi connectivity index (χ0n) is 33.8. The highest BCUT2D eigenvalue weighted by Crippen LogP contribution is 2.33. The fourth-order valence-electron chi connectivity index (χ4n) is 8.96. The van der Waals surface area contributed by atoms with E-state index in [1.54, 1.807) is 25.4 Å². The van der Waals surface area contributed by atoms with Gasteiger partial charge in [-0.25, -0.2) is 19.8 Å². The molecule has 4 aromatic rings. The van der Waals surface area contributed by atoms with Crippen LogP contribution in [0.3, 0.4) is 0 Å². The number of methoxy groups -OCH3 is 1. The van der Waals surface area contributed by atoms with Crippen LogP contribution in [0, 0.1) is 5.92 Å². The minimum absolute atomic E-state index is 0.0231. The van der Waals surface area contributed by atoms with E-state index in [-0.39, 0.29) is 30.1 Å². The van der Waals surface area contributed by atoms with Crippen molar-refractivity contribution < 1.29 is 23.9 Å². The van der Waals surface area contributed by atoms with Crippen LogP contribution in [0.15, 0.2) is 42.7 Å². The molecule has 1 aromatic carbocycles. The molecule has 5 aliphatic heterocycles. The number of hydrogen-bond acceptors (Lipinski definition) is 14. The summed E-state index contributed by atoms with van der Waals surface area (Å²) in [6, 6.07) is 8.65. The molecule has 9 rings (SSSR count). The average molecular weight is 806 g/mol. The molecule has 310 valence electrons. The average Bonchev–Trinajstić information content (AvgIpc) is 3.75. The molecule has 2 N–H and O–H groups in total. The van der Waals surface area contributed by atoms with Crippen LogP contribution in [0.5, 0.6) is 0 Å². The molecule has 0 radical (unpaired) electrons. The van der Waals surface area contributed by atoms with Gasteiger partial charge in [0, 0.05) is 103 Å². The summed E-state index contributed by atoms with van der Waals surface area (Å²) >= 11 is 0. The fourth-order valence-corrected chi connectivity index (χ4v) is 8.96. The number of aromatic nitrogens is 5. The number of carbonyl (C=O) groups excluding carboxylic acids is 4. The van der Waals surface area contributed by atoms with E-state index in [0.29, 0.717) is 29.6 Å². The molecule has 59 heavy (non-hydrogen) atoms. The van der Waals surface area contributed by atoms with Gasteiger partial charge in [0.2, 0.25) is 11.9 Å². The highest BCUT2D eigenvalue weighted by Gasteiger charge is 2.43. The zero-order chi connectivity index (χ0) is 40.8. The van der Waals surface area contributed by atoms with E-state index in [1.807, 2.05) is 18.3 Å². The van der Waals surface area contributed by atoms with Crippen molar-refractivity contribution in [3.63, 3.8) is 0 Å². The molecule has 5 amide bonds. The van der Waals surface area contributed by atoms with Gasteiger partial charge in [0.05, 0.1) is 34.7 Å². The predicted octanol–water partition coefficient (Wildman–Crippen LogP) is 3.65. The molecule has 0 saturated carbocycles. The molecular weight excluding hydrogens is 755 g/mol. The van der Waals surface area contributed by atoms with Gasteiger partial charge in [-0.2, -0.15) is 15.1 Å². The number of nitrogens with zero attached hydrogens (tertiary/aromatic N) is 11. The Morgan fingerprint density at radius 2 is 1.56 bits per heavy atom. The Hall–Kier alpha value is -5.88. The zero-order valence-corrected chi connectivity index (χ0v) is 33.8. The molecule has 5 aliphatic rings. The van der Waals surface area contributed by atoms with Crippen molar-refractivity contribution in [2.45, 2.75) is 58.1 Å². The normalized spacial score (nSPS) is 20.0. The number of piperidine rings is 2. The summed E-state index contributed by atoms with van der Waals surface area (Å²) in [5, 5.41) is 13.6. The first-order valence-corrected chi connectivity index (χ1v) is 20.8. The van der Waals surface area contributed by atoms with Gasteiger partial charge in [-0.1, -0.05) is 0 Å². The number of ether oxygens (including phenoxy) is 1. The molecule has 0 spiro atoms. The number of hydrazine groups is 1. The van der Waals surface area contributed by atoms with Crippen molar-refractivity contribution in [1.29, 1.82) is 0 Å². The highest BCUT2D eigenvalue weighted by atomic mass is 16.5. The number of nitrogens with one attached hydrogen (secondary N) is 2. The fraction of sp³-hybridized carbons (Fsp3) is 0.512. The summed E-state index contributed by atoms with van der Waals surface area (Å²) < 4.78 is 7.62. The number of hydrogen-bond donors (Lipinski definition) is 2. The van der Waals surface area contributed by atoms with Crippen LogP contribution >= 0.6 is 0 Å². The molecule has 4 fully saturated rings. The summed E-state index contributed by atoms with van der Waals surface area (Å²) in [5.41, 5.74) is 2.46. The quantitative estimate of drug-likeness (QED) is 0.222. The first kappa shape index (κ1) is 38.6. The number of fused-ring (bicyclic) bond motifs is 2. The predicted molar refractivity (Wildman–Crippen MR) is 221 cm³/mol. The minimum Gasteiger partial charge on any atom is -0.381 e. The van der Waals surface area contributed by atoms with Gasteiger partial charge >= 0.3 is 6.03 Å². The third-order valence-electron chi connectivity index (χ3n) is 12.3. The summed E-state index contributed by atoms with van der Waals surface area (Å²) in [6.45, 7) is 12.4. The topological polar surface area (TPSA) is 178 Å². The van der Waals surface area contributed by atoms with Crippen LogP contribution in [-0.2, 0) is 9.53 Å². The lowest BCUT2D eigenvalue weighted by Gasteiger charge is -2.39. The molecule has 8 heterocycles. The lowest BCUT2D eigenvalue weighted by Crippen LogP contribution is -2.58. The number of benzene rings is 1. The second-order valence-corrected chi connectivity index (χ2v) is 16.3. The number of amides is 5. The van der Waals surface area contributed by atoms with E-state index >= 15 is 0 Å². The smallest absolute Gasteiger partial charge is 0.343 e. The van der Waals surface area contributed by atoms with Gasteiger partial charge in [0.15, 0.2) is 5.82 Å². The molecule has 0 unspecified atom stereocenters. The molecule has 4 saturated heterocycles. The second kappa shape index (κ2) is 16.1. The Labute approximate surface area is 342 Å². The summed E-state index contributed by atoms with van der Waals surface area (Å²) in [7, 11) is 1.77. The first-order chi connectivity index (χ1) is 28.6. The van der Waals surface area contributed by atoms with E-state index in [9.17, 15) is 19.2 Å². The largest absolute Gasteiger partial charge is 0.381 e. The standard InChI is InChI=1S/C41H51N13O5/c1-26(2)53-33-23-35(44-34-6-12-42-40(45-34)51-15-9-29(59-3)10-16-51)43-24-32(33)37(47-53)50-20-18-48(19-21-50)25-27-7-13-49(14-8-27)28-4-5-30-31(22-28)39(57)54(38(30)56)52-17-11-36(55)46-41(52)58/h4-6,12,22-24,26-27,29H,7-11,13-21,25H2,1-3H3,(H,46,55,58)(H,42,43,44,45). The number of carbonyl (C=O) groups is 4. The number of imide groups is 2. The van der Waals surface area contributed by atoms with E-state index in [4.69, 9.17) is 19.8 Å². The van der Waals surface area contributed by atoms with Crippen LogP contribution in [0.1, 0.15) is 72.7 Å². The van der Waals surface area contributed by atoms with Crippen molar-refractivity contribution in [3.05, 3.63) is 53.9 Å². The van der Waals surface area contributed by atoms with Crippen molar-refractivity contribution in [2.75, 3.05) is 92.6 Å². The van der Waals surface area contributed by atoms with Gasteiger partial charge in [-0.15, -0.1) is 0 Å². The summed E-state index contributed by atoms with van der Waals surface area (Å²) in [6.07, 6.45) is 7.99. The third kappa shape index (κ3) is 7.62. The molecule has 18 heteroatoms. The van der Waals surface area contributed by atoms with Crippen molar-refractivity contribution in [2.24, 2.45) is 5.92 Å². The highest BCUT2D eigenvalue weighted by molar-refractivity contribution is 6.22. The molecular formula is C41H51N13O5. The monoisotopic (exact) mass is 805 g/mol. The lowest BCUT2D eigenvalue weighted by atomic mass is 9.95. The molecule has 3 aromatic heterocycles. The summed E-state index contributed by atoms with van der Waals surface area (Å²) in [5.74, 6) is 2.11. The van der Waals surface area contributed by atoms with Crippen molar-refractivity contribution in [1.82, 2.24) is 45.0 Å². The van der Waals surface area contributed by atoms with Gasteiger partial charge in [-0.05, 0) is 69.7 Å². The van der Waals surface area contributed by atoms with Crippen molar-refractivity contribution >= 4 is 63.7 Å². The van der Waals surface area contributed by atoms with Gasteiger partial charge < -0.3 is 24.8 Å². The van der Waals surface area contributed by atoms with Gasteiger partial charge in [0.1, 0.15) is 11.6 Å². The Morgan fingerprint density at radius 1 is 0.814 bits per heavy atom. The van der Waals surface area contributed by atoms with Crippen LogP contribution in [0.25, 0.3) is 10.9 Å². The Balaban J connectivity index is 0.790. The number of anilines is 5. The number of piperazine rings is 1. The maximum Gasteiger partial charge on any atom is 0.343 e. The third-order valence-corrected chi connectivity index (χ3v) is 12.3. The lowest BCUT2D eigenvalue weighted by molar-refractivity contribution is -0.122. The molecule has 0 bridgehead atoms. The first-order valence-electron chi connectivity index (χ1n) is 20.8. The molecule has 0 aliphatic carbocycles. The molecule has 0 atom stereocenters. The number of rotatable bonds is 10. The van der Waals surface area contributed by atoms with Gasteiger partial charge in [-0.3, -0.25) is 29.3 Å². The van der Waals surface area contributed by atoms with Crippen LogP contribution < -0.4 is 25.3 Å². The minimum atomic E-state index is -0.765. The SMILES string of the molecule is COC1CCN(c2nccc(Nc3cc4c(cn3)c(N3CCN(CC5CCN(c6ccc7c(c6)C(=O)N(N6CCC(=O)NC6=O)C7=O)CC5)CC3)nn4C(C)C)n2)CC1. The second-order valence-electron chi connectivity index (χ2n) is 16.3. The Kier molecular flexibility index (Phi) is 10.5. The maximum atomic E-state index is 13.3. The van der Waals surface area contributed by atoms with Crippen LogP contribution in [0.2, 0.25) is 0 Å². The van der Waals surface area contributed by atoms with E-state index in [0.717, 1.165) is 117 Å². The molecule has 18 nitrogen and oxygen atoms in total. The van der Waals surface area contributed by atoms with Gasteiger partial charge in [0.25, 0.3) is 11.8 Å². The Bertz CT molecular complexity index is 2260. The maximum absolute atomic E-state index is 13.3. The van der Waals surface area contributed by atoms with Crippen LogP contribution in [0.4, 0.5) is 33.9 Å². The number of pyridine rings is 1. The van der Waals surface area contributed by atoms with E-state index < -0.39 is 23.8 Å².